The van der Waals surface area contributed by atoms with Gasteiger partial charge in [0.2, 0.25) is 10.0 Å². The Balaban J connectivity index is 3.21. The van der Waals surface area contributed by atoms with E-state index in [1.54, 1.807) is 6.92 Å². The summed E-state index contributed by atoms with van der Waals surface area (Å²) in [4.78, 5) is 4.66. The van der Waals surface area contributed by atoms with Gasteiger partial charge >= 0.3 is 0 Å². The molecule has 0 aliphatic rings. The van der Waals surface area contributed by atoms with Gasteiger partial charge in [-0.3, -0.25) is 0 Å². The third-order valence-electron chi connectivity index (χ3n) is 0.735. The summed E-state index contributed by atoms with van der Waals surface area (Å²) in [6.45, 7) is 2.53. The van der Waals surface area contributed by atoms with E-state index in [4.69, 9.17) is 5.14 Å². The van der Waals surface area contributed by atoms with Gasteiger partial charge in [0.25, 0.3) is 0 Å². The van der Waals surface area contributed by atoms with Gasteiger partial charge in [0.1, 0.15) is 0 Å². The SMILES string of the molecule is CCONCCS(N)(=O)=O. The van der Waals surface area contributed by atoms with E-state index in [9.17, 15) is 8.42 Å². The van der Waals surface area contributed by atoms with Crippen molar-refractivity contribution in [3.05, 3.63) is 0 Å². The van der Waals surface area contributed by atoms with Crippen molar-refractivity contribution in [1.29, 1.82) is 0 Å². The topological polar surface area (TPSA) is 81.4 Å². The molecule has 0 aliphatic heterocycles. The number of nitrogens with two attached hydrogens (primary N) is 1. The maximum Gasteiger partial charge on any atom is 0.210 e. The average Bonchev–Trinajstić information content (AvgIpc) is 1.78. The van der Waals surface area contributed by atoms with Gasteiger partial charge in [-0.25, -0.2) is 19.0 Å². The van der Waals surface area contributed by atoms with E-state index >= 15 is 0 Å². The normalized spacial score (nSPS) is 11.8. The largest absolute Gasteiger partial charge is 0.302 e. The zero-order chi connectivity index (χ0) is 8.04. The summed E-state index contributed by atoms with van der Waals surface area (Å²) in [5.74, 6) is -0.104. The average molecular weight is 168 g/mol. The summed E-state index contributed by atoms with van der Waals surface area (Å²) >= 11 is 0. The van der Waals surface area contributed by atoms with Gasteiger partial charge in [-0.1, -0.05) is 0 Å². The van der Waals surface area contributed by atoms with Crippen LogP contribution in [0.2, 0.25) is 0 Å². The van der Waals surface area contributed by atoms with E-state index in [2.05, 4.69) is 10.3 Å². The Kier molecular flexibility index (Phi) is 4.54. The highest BCUT2D eigenvalue weighted by molar-refractivity contribution is 7.89. The van der Waals surface area contributed by atoms with E-state index in [-0.39, 0.29) is 12.3 Å². The van der Waals surface area contributed by atoms with Crippen molar-refractivity contribution < 1.29 is 13.3 Å². The number of hydroxylamine groups is 1. The highest BCUT2D eigenvalue weighted by Gasteiger charge is 1.99. The van der Waals surface area contributed by atoms with E-state index in [1.807, 2.05) is 0 Å². The molecule has 3 N–H and O–H groups in total. The van der Waals surface area contributed by atoms with Crippen molar-refractivity contribution >= 4 is 10.0 Å². The Morgan fingerprint density at radius 3 is 2.60 bits per heavy atom. The van der Waals surface area contributed by atoms with Crippen LogP contribution in [-0.2, 0) is 14.9 Å². The Morgan fingerprint density at radius 1 is 1.60 bits per heavy atom. The molecular formula is C4H12N2O3S. The molecule has 0 atom stereocenters. The number of sulfonamides is 1. The Bertz CT molecular complexity index is 165. The Hall–Kier alpha value is -0.170. The van der Waals surface area contributed by atoms with Crippen LogP contribution < -0.4 is 10.6 Å². The van der Waals surface area contributed by atoms with Crippen LogP contribution in [0, 0.1) is 0 Å². The van der Waals surface area contributed by atoms with Crippen molar-refractivity contribution in [1.82, 2.24) is 5.48 Å². The predicted molar refractivity (Wildman–Crippen MR) is 37.6 cm³/mol. The van der Waals surface area contributed by atoms with Gasteiger partial charge in [0.05, 0.1) is 12.4 Å². The van der Waals surface area contributed by atoms with E-state index in [1.165, 1.54) is 0 Å². The molecule has 0 saturated carbocycles. The van der Waals surface area contributed by atoms with Gasteiger partial charge < -0.3 is 4.84 Å². The lowest BCUT2D eigenvalue weighted by Gasteiger charge is -2.00. The van der Waals surface area contributed by atoms with Crippen molar-refractivity contribution in [2.24, 2.45) is 5.14 Å². The molecular weight excluding hydrogens is 156 g/mol. The summed E-state index contributed by atoms with van der Waals surface area (Å²) in [7, 11) is -3.35. The Labute approximate surface area is 60.6 Å². The maximum atomic E-state index is 10.3. The Morgan fingerprint density at radius 2 is 2.20 bits per heavy atom. The molecule has 0 bridgehead atoms. The fraction of sp³-hybridized carbons (Fsp3) is 1.00. The number of rotatable bonds is 5. The van der Waals surface area contributed by atoms with Crippen LogP contribution in [0.1, 0.15) is 6.92 Å². The van der Waals surface area contributed by atoms with Gasteiger partial charge in [-0.05, 0) is 6.92 Å². The van der Waals surface area contributed by atoms with Crippen LogP contribution in [0.3, 0.4) is 0 Å². The van der Waals surface area contributed by atoms with Crippen LogP contribution in [-0.4, -0.2) is 27.3 Å². The highest BCUT2D eigenvalue weighted by Crippen LogP contribution is 1.73. The second kappa shape index (κ2) is 4.62. The van der Waals surface area contributed by atoms with Crippen LogP contribution in [0.15, 0.2) is 0 Å². The number of hydrogen-bond acceptors (Lipinski definition) is 4. The van der Waals surface area contributed by atoms with Crippen molar-refractivity contribution in [3.63, 3.8) is 0 Å². The first-order valence-corrected chi connectivity index (χ1v) is 4.63. The first-order valence-electron chi connectivity index (χ1n) is 2.91. The van der Waals surface area contributed by atoms with E-state index in [0.29, 0.717) is 6.61 Å². The number of hydrogen-bond donors (Lipinski definition) is 2. The lowest BCUT2D eigenvalue weighted by Crippen LogP contribution is -2.27. The second-order valence-electron chi connectivity index (χ2n) is 1.69. The maximum absolute atomic E-state index is 10.3. The van der Waals surface area contributed by atoms with Crippen molar-refractivity contribution in [2.75, 3.05) is 18.9 Å². The van der Waals surface area contributed by atoms with Crippen LogP contribution >= 0.6 is 0 Å². The second-order valence-corrected chi connectivity index (χ2v) is 3.43. The smallest absolute Gasteiger partial charge is 0.210 e. The van der Waals surface area contributed by atoms with Crippen molar-refractivity contribution in [2.45, 2.75) is 6.92 Å². The third-order valence-corrected chi connectivity index (χ3v) is 1.51. The predicted octanol–water partition coefficient (Wildman–Crippen LogP) is -1.18. The monoisotopic (exact) mass is 168 g/mol. The fourth-order valence-corrected chi connectivity index (χ4v) is 0.726. The summed E-state index contributed by atoms with van der Waals surface area (Å²) in [6.07, 6.45) is 0. The van der Waals surface area contributed by atoms with Gasteiger partial charge in [0.15, 0.2) is 0 Å². The third kappa shape index (κ3) is 7.83. The quantitative estimate of drug-likeness (QED) is 0.400. The van der Waals surface area contributed by atoms with E-state index in [0.717, 1.165) is 0 Å². The molecule has 0 radical (unpaired) electrons. The molecule has 0 unspecified atom stereocenters. The minimum absolute atomic E-state index is 0.104. The molecule has 6 heteroatoms. The van der Waals surface area contributed by atoms with Crippen LogP contribution in [0.5, 0.6) is 0 Å². The van der Waals surface area contributed by atoms with Crippen molar-refractivity contribution in [3.8, 4) is 0 Å². The molecule has 0 amide bonds. The lowest BCUT2D eigenvalue weighted by atomic mass is 10.8. The molecule has 5 nitrogen and oxygen atoms in total. The fourth-order valence-electron chi connectivity index (χ4n) is 0.358. The number of nitrogens with one attached hydrogen (secondary N) is 1. The molecule has 0 rings (SSSR count). The first-order chi connectivity index (χ1) is 4.56. The van der Waals surface area contributed by atoms with Gasteiger partial charge in [0, 0.05) is 6.54 Å². The first kappa shape index (κ1) is 9.83. The van der Waals surface area contributed by atoms with Gasteiger partial charge in [-0.15, -0.1) is 0 Å². The molecule has 0 spiro atoms. The zero-order valence-corrected chi connectivity index (χ0v) is 6.65. The minimum atomic E-state index is -3.35. The standard InChI is InChI=1S/C4H12N2O3S/c1-2-9-6-3-4-10(5,7)8/h6H,2-4H2,1H3,(H2,5,7,8). The lowest BCUT2D eigenvalue weighted by molar-refractivity contribution is 0.0551. The molecule has 0 fully saturated rings. The molecule has 0 aliphatic carbocycles. The van der Waals surface area contributed by atoms with Crippen LogP contribution in [0.25, 0.3) is 0 Å². The summed E-state index contributed by atoms with van der Waals surface area (Å²) in [5.41, 5.74) is 2.43. The summed E-state index contributed by atoms with van der Waals surface area (Å²) in [5, 5.41) is 4.69. The molecule has 0 heterocycles. The van der Waals surface area contributed by atoms with Gasteiger partial charge in [-0.2, -0.15) is 0 Å². The molecule has 10 heavy (non-hydrogen) atoms. The summed E-state index contributed by atoms with van der Waals surface area (Å²) in [6, 6.07) is 0. The zero-order valence-electron chi connectivity index (χ0n) is 5.83. The molecule has 0 saturated heterocycles. The van der Waals surface area contributed by atoms with Crippen LogP contribution in [0.4, 0.5) is 0 Å². The number of primary sulfonamides is 1. The molecule has 0 aromatic carbocycles. The van der Waals surface area contributed by atoms with E-state index < -0.39 is 10.0 Å². The molecule has 62 valence electrons. The molecule has 0 aromatic rings. The summed E-state index contributed by atoms with van der Waals surface area (Å²) < 4.78 is 20.6. The highest BCUT2D eigenvalue weighted by atomic mass is 32.2. The molecule has 0 aromatic heterocycles. The minimum Gasteiger partial charge on any atom is -0.302 e.